The third-order valence-electron chi connectivity index (χ3n) is 8.91. The molecule has 1 aromatic heterocycles. The second kappa shape index (κ2) is 11.2. The predicted molar refractivity (Wildman–Crippen MR) is 132 cm³/mol. The van der Waals surface area contributed by atoms with Crippen molar-refractivity contribution in [2.45, 2.75) is 115 Å². The van der Waals surface area contributed by atoms with Crippen LogP contribution in [-0.4, -0.2) is 57.4 Å². The highest BCUT2D eigenvalue weighted by Gasteiger charge is 2.60. The summed E-state index contributed by atoms with van der Waals surface area (Å²) in [5, 5.41) is 22.3. The summed E-state index contributed by atoms with van der Waals surface area (Å²) in [4.78, 5) is 11.9. The number of halogens is 2. The maximum atomic E-state index is 14.0. The number of nitrogens with one attached hydrogen (secondary N) is 2. The molecule has 0 radical (unpaired) electrons. The van der Waals surface area contributed by atoms with E-state index in [9.17, 15) is 18.7 Å². The fourth-order valence-corrected chi connectivity index (χ4v) is 7.17. The highest BCUT2D eigenvalue weighted by molar-refractivity contribution is 5.73. The van der Waals surface area contributed by atoms with Crippen LogP contribution >= 0.6 is 0 Å². The molecule has 0 aromatic carbocycles. The number of carbonyl (C=O) groups is 1. The van der Waals surface area contributed by atoms with Crippen LogP contribution in [0.4, 0.5) is 8.78 Å². The van der Waals surface area contributed by atoms with Crippen LogP contribution in [0, 0.1) is 23.7 Å². The SMILES string of the molecule is CC(=O)NC(CC1CC(F)CC(F)C1)C(O)CNC1(C2CCCC(n3cccn3)C2)CC1C(C)C. The molecule has 3 aliphatic rings. The molecule has 8 heteroatoms. The molecule has 1 amide bonds. The third kappa shape index (κ3) is 6.43. The monoisotopic (exact) mass is 494 g/mol. The summed E-state index contributed by atoms with van der Waals surface area (Å²) in [6.45, 7) is 6.32. The van der Waals surface area contributed by atoms with Crippen LogP contribution in [0.5, 0.6) is 0 Å². The minimum Gasteiger partial charge on any atom is -0.390 e. The fraction of sp³-hybridized carbons (Fsp3) is 0.852. The van der Waals surface area contributed by atoms with E-state index in [2.05, 4.69) is 40.5 Å². The van der Waals surface area contributed by atoms with Crippen molar-refractivity contribution in [1.29, 1.82) is 0 Å². The van der Waals surface area contributed by atoms with Gasteiger partial charge in [0.05, 0.1) is 18.2 Å². The molecule has 0 saturated heterocycles. The van der Waals surface area contributed by atoms with Gasteiger partial charge < -0.3 is 15.7 Å². The lowest BCUT2D eigenvalue weighted by molar-refractivity contribution is -0.120. The molecule has 3 N–H and O–H groups in total. The Morgan fingerprint density at radius 3 is 2.54 bits per heavy atom. The molecule has 1 heterocycles. The van der Waals surface area contributed by atoms with Crippen molar-refractivity contribution in [3.8, 4) is 0 Å². The van der Waals surface area contributed by atoms with Gasteiger partial charge in [0.15, 0.2) is 0 Å². The second-order valence-corrected chi connectivity index (χ2v) is 11.9. The topological polar surface area (TPSA) is 79.2 Å². The van der Waals surface area contributed by atoms with Crippen molar-refractivity contribution >= 4 is 5.91 Å². The minimum absolute atomic E-state index is 0.0132. The lowest BCUT2D eigenvalue weighted by atomic mass is 9.77. The molecule has 0 bridgehead atoms. The van der Waals surface area contributed by atoms with Crippen LogP contribution in [0.2, 0.25) is 0 Å². The van der Waals surface area contributed by atoms with Crippen LogP contribution in [0.1, 0.15) is 84.6 Å². The molecule has 3 fully saturated rings. The van der Waals surface area contributed by atoms with E-state index < -0.39 is 24.5 Å². The number of hydrogen-bond acceptors (Lipinski definition) is 4. The Hall–Kier alpha value is -1.54. The lowest BCUT2D eigenvalue weighted by Crippen LogP contribution is -2.52. The summed E-state index contributed by atoms with van der Waals surface area (Å²) >= 11 is 0. The number of β-amino-alcohol motifs (C(OH)–C–C–N with tert-alkyl or cyclic N) is 1. The number of rotatable bonds is 10. The summed E-state index contributed by atoms with van der Waals surface area (Å²) in [5.74, 6) is 1.19. The zero-order chi connectivity index (χ0) is 25.2. The van der Waals surface area contributed by atoms with Gasteiger partial charge >= 0.3 is 0 Å². The number of aliphatic hydroxyl groups excluding tert-OH is 1. The average Bonchev–Trinajstić information content (AvgIpc) is 3.29. The van der Waals surface area contributed by atoms with Gasteiger partial charge in [0, 0.05) is 37.8 Å². The number of aliphatic hydroxyl groups is 1. The normalized spacial score (nSPS) is 37.1. The molecule has 1 aromatic rings. The molecule has 4 rings (SSSR count). The first kappa shape index (κ1) is 26.5. The summed E-state index contributed by atoms with van der Waals surface area (Å²) in [5.41, 5.74) is -0.0132. The van der Waals surface area contributed by atoms with Crippen LogP contribution in [0.25, 0.3) is 0 Å². The quantitative estimate of drug-likeness (QED) is 0.452. The van der Waals surface area contributed by atoms with Crippen LogP contribution < -0.4 is 10.6 Å². The molecule has 3 aliphatic carbocycles. The van der Waals surface area contributed by atoms with E-state index in [1.54, 1.807) is 0 Å². The highest BCUT2D eigenvalue weighted by Crippen LogP contribution is 2.57. The molecule has 8 unspecified atom stereocenters. The number of aromatic nitrogens is 2. The molecule has 6 nitrogen and oxygen atoms in total. The molecule has 198 valence electrons. The van der Waals surface area contributed by atoms with Gasteiger partial charge in [-0.2, -0.15) is 5.10 Å². The maximum Gasteiger partial charge on any atom is 0.217 e. The van der Waals surface area contributed by atoms with Crippen LogP contribution in [0.3, 0.4) is 0 Å². The average molecular weight is 495 g/mol. The molecule has 3 saturated carbocycles. The minimum atomic E-state index is -1.15. The van der Waals surface area contributed by atoms with E-state index in [0.717, 1.165) is 32.1 Å². The van der Waals surface area contributed by atoms with Gasteiger partial charge in [0.25, 0.3) is 0 Å². The Balaban J connectivity index is 1.41. The van der Waals surface area contributed by atoms with Crippen LogP contribution in [0.15, 0.2) is 18.5 Å². The smallest absolute Gasteiger partial charge is 0.217 e. The Morgan fingerprint density at radius 1 is 1.20 bits per heavy atom. The molecular formula is C27H44F2N4O2. The second-order valence-electron chi connectivity index (χ2n) is 11.9. The van der Waals surface area contributed by atoms with Gasteiger partial charge in [-0.1, -0.05) is 20.3 Å². The van der Waals surface area contributed by atoms with E-state index in [4.69, 9.17) is 0 Å². The first-order chi connectivity index (χ1) is 16.7. The maximum absolute atomic E-state index is 14.0. The zero-order valence-electron chi connectivity index (χ0n) is 21.5. The van der Waals surface area contributed by atoms with E-state index in [1.807, 2.05) is 12.3 Å². The van der Waals surface area contributed by atoms with E-state index in [-0.39, 0.29) is 23.8 Å². The molecule has 0 aliphatic heterocycles. The first-order valence-corrected chi connectivity index (χ1v) is 13.6. The van der Waals surface area contributed by atoms with Gasteiger partial charge in [-0.3, -0.25) is 9.48 Å². The summed E-state index contributed by atoms with van der Waals surface area (Å²) in [6.07, 6.45) is 7.38. The number of alkyl halides is 2. The number of carbonyl (C=O) groups excluding carboxylic acids is 1. The molecular weight excluding hydrogens is 450 g/mol. The van der Waals surface area contributed by atoms with E-state index in [0.29, 0.717) is 49.6 Å². The molecule has 35 heavy (non-hydrogen) atoms. The predicted octanol–water partition coefficient (Wildman–Crippen LogP) is 4.35. The van der Waals surface area contributed by atoms with Crippen molar-refractivity contribution in [2.24, 2.45) is 23.7 Å². The van der Waals surface area contributed by atoms with Gasteiger partial charge in [-0.15, -0.1) is 0 Å². The third-order valence-corrected chi connectivity index (χ3v) is 8.91. The van der Waals surface area contributed by atoms with Gasteiger partial charge in [0.2, 0.25) is 5.91 Å². The Bertz CT molecular complexity index is 812. The fourth-order valence-electron chi connectivity index (χ4n) is 7.17. The molecule has 8 atom stereocenters. The number of nitrogens with zero attached hydrogens (tertiary/aromatic N) is 2. The summed E-state index contributed by atoms with van der Waals surface area (Å²) < 4.78 is 30.0. The highest BCUT2D eigenvalue weighted by atomic mass is 19.1. The first-order valence-electron chi connectivity index (χ1n) is 13.6. The molecule has 0 spiro atoms. The van der Waals surface area contributed by atoms with Crippen LogP contribution in [-0.2, 0) is 4.79 Å². The Labute approximate surface area is 208 Å². The zero-order valence-corrected chi connectivity index (χ0v) is 21.5. The van der Waals surface area contributed by atoms with Crippen molar-refractivity contribution in [3.05, 3.63) is 18.5 Å². The largest absolute Gasteiger partial charge is 0.390 e. The van der Waals surface area contributed by atoms with E-state index >= 15 is 0 Å². The Kier molecular flexibility index (Phi) is 8.52. The van der Waals surface area contributed by atoms with Gasteiger partial charge in [0.1, 0.15) is 12.3 Å². The van der Waals surface area contributed by atoms with Crippen molar-refractivity contribution in [2.75, 3.05) is 6.54 Å². The van der Waals surface area contributed by atoms with Crippen molar-refractivity contribution in [1.82, 2.24) is 20.4 Å². The van der Waals surface area contributed by atoms with Crippen molar-refractivity contribution < 1.29 is 18.7 Å². The number of amides is 1. The van der Waals surface area contributed by atoms with E-state index in [1.165, 1.54) is 6.92 Å². The summed E-state index contributed by atoms with van der Waals surface area (Å²) in [6, 6.07) is 1.87. The standard InChI is InChI=1S/C27H44F2N4O2/c1-17(2)24-15-27(24,20-6-4-7-23(13-20)33-9-5-8-31-33)30-16-26(35)25(32-18(3)34)12-19-10-21(28)14-22(29)11-19/h5,8-9,17,19-26,30,35H,4,6-7,10-16H2,1-3H3,(H,32,34). The number of hydrogen-bond donors (Lipinski definition) is 3. The lowest BCUT2D eigenvalue weighted by Gasteiger charge is -2.38. The Morgan fingerprint density at radius 2 is 1.94 bits per heavy atom. The van der Waals surface area contributed by atoms with Crippen molar-refractivity contribution in [3.63, 3.8) is 0 Å². The van der Waals surface area contributed by atoms with Gasteiger partial charge in [-0.25, -0.2) is 8.78 Å². The summed E-state index contributed by atoms with van der Waals surface area (Å²) in [7, 11) is 0. The van der Waals surface area contributed by atoms with Gasteiger partial charge in [-0.05, 0) is 74.7 Å².